The van der Waals surface area contributed by atoms with Crippen LogP contribution in [0.1, 0.15) is 54.4 Å². The van der Waals surface area contributed by atoms with E-state index in [2.05, 4.69) is 168 Å². The molecule has 4 aromatic rings. The molecule has 0 unspecified atom stereocenters. The molecule has 3 nitrogen and oxygen atoms in total. The van der Waals surface area contributed by atoms with Crippen LogP contribution >= 0.6 is 0 Å². The summed E-state index contributed by atoms with van der Waals surface area (Å²) in [6.07, 6.45) is 2.09. The van der Waals surface area contributed by atoms with E-state index in [1.807, 2.05) is 0 Å². The van der Waals surface area contributed by atoms with Gasteiger partial charge >= 0.3 is 0 Å². The standard InChI is InChI=1S/C38H49NO2Si2/c1-37(2,3)42(33-19-11-7-12-20-33,34-21-13-8-14-22-34)40-30-31-29-32(27-28-39-31)41-43(38(4,5)6,35-23-15-9-16-24-35)36-25-17-10-18-26-36/h7-26,31-32,39H,27-30H2,1-6H3/t31-,32+/m1/s1. The Labute approximate surface area is 261 Å². The van der Waals surface area contributed by atoms with E-state index in [4.69, 9.17) is 8.85 Å². The number of hydrogen-bond acceptors (Lipinski definition) is 3. The van der Waals surface area contributed by atoms with Gasteiger partial charge in [-0.25, -0.2) is 0 Å². The first kappa shape index (κ1) is 31.6. The highest BCUT2D eigenvalue weighted by atomic mass is 28.4. The maximum atomic E-state index is 7.57. The van der Waals surface area contributed by atoms with Crippen molar-refractivity contribution in [2.45, 2.75) is 76.6 Å². The molecule has 43 heavy (non-hydrogen) atoms. The average molecular weight is 608 g/mol. The zero-order chi connectivity index (χ0) is 30.6. The third-order valence-corrected chi connectivity index (χ3v) is 19.2. The topological polar surface area (TPSA) is 30.5 Å². The monoisotopic (exact) mass is 607 g/mol. The van der Waals surface area contributed by atoms with Crippen molar-refractivity contribution in [3.63, 3.8) is 0 Å². The SMILES string of the molecule is CC(C)(C)[Si](OC[C@H]1C[C@@H](O[Si](c2ccccc2)(c2ccccc2)C(C)(C)C)CCN1)(c1ccccc1)c1ccccc1. The summed E-state index contributed by atoms with van der Waals surface area (Å²) in [5.41, 5.74) is 0. The fourth-order valence-electron chi connectivity index (χ4n) is 7.13. The molecular weight excluding hydrogens is 559 g/mol. The molecule has 226 valence electrons. The van der Waals surface area contributed by atoms with Gasteiger partial charge in [0.15, 0.2) is 0 Å². The Morgan fingerprint density at radius 1 is 0.581 bits per heavy atom. The van der Waals surface area contributed by atoms with Crippen LogP contribution in [0.2, 0.25) is 10.1 Å². The molecule has 0 saturated carbocycles. The second kappa shape index (κ2) is 13.0. The summed E-state index contributed by atoms with van der Waals surface area (Å²) in [5, 5.41) is 9.05. The maximum Gasteiger partial charge on any atom is 0.261 e. The first-order valence-electron chi connectivity index (χ1n) is 15.9. The van der Waals surface area contributed by atoms with E-state index in [1.165, 1.54) is 20.7 Å². The first-order valence-corrected chi connectivity index (χ1v) is 19.7. The molecule has 1 saturated heterocycles. The zero-order valence-corrected chi connectivity index (χ0v) is 28.8. The Bertz CT molecular complexity index is 1340. The van der Waals surface area contributed by atoms with Crippen LogP contribution < -0.4 is 26.1 Å². The quantitative estimate of drug-likeness (QED) is 0.228. The zero-order valence-electron chi connectivity index (χ0n) is 26.8. The van der Waals surface area contributed by atoms with E-state index < -0.39 is 16.6 Å². The lowest BCUT2D eigenvalue weighted by molar-refractivity contribution is 0.109. The van der Waals surface area contributed by atoms with Gasteiger partial charge in [0.25, 0.3) is 16.6 Å². The molecule has 0 radical (unpaired) electrons. The van der Waals surface area contributed by atoms with Crippen molar-refractivity contribution in [3.8, 4) is 0 Å². The number of rotatable bonds is 9. The summed E-state index contributed by atoms with van der Waals surface area (Å²) >= 11 is 0. The van der Waals surface area contributed by atoms with Gasteiger partial charge < -0.3 is 14.2 Å². The molecule has 2 atom stereocenters. The highest BCUT2D eigenvalue weighted by Gasteiger charge is 2.53. The molecule has 0 spiro atoms. The summed E-state index contributed by atoms with van der Waals surface area (Å²) in [6, 6.07) is 44.2. The van der Waals surface area contributed by atoms with Gasteiger partial charge in [-0.2, -0.15) is 0 Å². The third kappa shape index (κ3) is 6.38. The third-order valence-electron chi connectivity index (χ3n) is 9.12. The molecule has 5 rings (SSSR count). The Balaban J connectivity index is 1.45. The van der Waals surface area contributed by atoms with Crippen LogP contribution in [0.5, 0.6) is 0 Å². The van der Waals surface area contributed by atoms with Gasteiger partial charge in [-0.3, -0.25) is 0 Å². The van der Waals surface area contributed by atoms with E-state index >= 15 is 0 Å². The highest BCUT2D eigenvalue weighted by molar-refractivity contribution is 7.00. The lowest BCUT2D eigenvalue weighted by atomic mass is 10.0. The normalized spacial score (nSPS) is 18.4. The predicted molar refractivity (Wildman–Crippen MR) is 187 cm³/mol. The van der Waals surface area contributed by atoms with E-state index in [9.17, 15) is 0 Å². The van der Waals surface area contributed by atoms with Crippen molar-refractivity contribution in [3.05, 3.63) is 121 Å². The minimum Gasteiger partial charge on any atom is -0.406 e. The van der Waals surface area contributed by atoms with Crippen LogP contribution in [-0.2, 0) is 8.85 Å². The van der Waals surface area contributed by atoms with Crippen molar-refractivity contribution in [2.24, 2.45) is 0 Å². The van der Waals surface area contributed by atoms with Crippen LogP contribution in [-0.4, -0.2) is 41.9 Å². The van der Waals surface area contributed by atoms with Crippen molar-refractivity contribution in [1.82, 2.24) is 5.32 Å². The molecule has 1 fully saturated rings. The van der Waals surface area contributed by atoms with Gasteiger partial charge in [-0.05, 0) is 50.2 Å². The van der Waals surface area contributed by atoms with E-state index in [1.54, 1.807) is 0 Å². The Morgan fingerprint density at radius 3 is 1.33 bits per heavy atom. The first-order chi connectivity index (χ1) is 20.6. The van der Waals surface area contributed by atoms with E-state index in [0.717, 1.165) is 19.4 Å². The second-order valence-electron chi connectivity index (χ2n) is 14.1. The van der Waals surface area contributed by atoms with Crippen molar-refractivity contribution in [1.29, 1.82) is 0 Å². The molecule has 0 amide bonds. The Kier molecular flexibility index (Phi) is 9.59. The summed E-state index contributed by atoms with van der Waals surface area (Å²) in [6.45, 7) is 15.7. The Morgan fingerprint density at radius 2 is 0.953 bits per heavy atom. The summed E-state index contributed by atoms with van der Waals surface area (Å²) in [7, 11) is -5.23. The summed E-state index contributed by atoms with van der Waals surface area (Å²) in [4.78, 5) is 0. The van der Waals surface area contributed by atoms with Crippen molar-refractivity contribution >= 4 is 37.4 Å². The molecule has 1 heterocycles. The van der Waals surface area contributed by atoms with Crippen LogP contribution in [0.4, 0.5) is 0 Å². The molecule has 4 aromatic carbocycles. The minimum absolute atomic E-state index is 0.0402. The summed E-state index contributed by atoms with van der Waals surface area (Å²) in [5.74, 6) is 0. The van der Waals surface area contributed by atoms with Crippen LogP contribution in [0, 0.1) is 0 Å². The molecule has 5 heteroatoms. The van der Waals surface area contributed by atoms with Gasteiger partial charge in [-0.1, -0.05) is 163 Å². The molecular formula is C38H49NO2Si2. The molecule has 1 aliphatic rings. The number of piperidine rings is 1. The van der Waals surface area contributed by atoms with Gasteiger partial charge in [0.1, 0.15) is 0 Å². The largest absolute Gasteiger partial charge is 0.406 e. The lowest BCUT2D eigenvalue weighted by Crippen LogP contribution is -2.69. The minimum atomic E-state index is -2.62. The molecule has 0 aliphatic carbocycles. The van der Waals surface area contributed by atoms with E-state index in [-0.39, 0.29) is 22.2 Å². The average Bonchev–Trinajstić information content (AvgIpc) is 3.01. The molecule has 1 N–H and O–H groups in total. The predicted octanol–water partition coefficient (Wildman–Crippen LogP) is 6.26. The van der Waals surface area contributed by atoms with Gasteiger partial charge in [0.2, 0.25) is 0 Å². The molecule has 0 bridgehead atoms. The van der Waals surface area contributed by atoms with Gasteiger partial charge in [-0.15, -0.1) is 0 Å². The number of benzene rings is 4. The lowest BCUT2D eigenvalue weighted by Gasteiger charge is -2.47. The smallest absolute Gasteiger partial charge is 0.261 e. The van der Waals surface area contributed by atoms with Crippen LogP contribution in [0.25, 0.3) is 0 Å². The molecule has 0 aromatic heterocycles. The van der Waals surface area contributed by atoms with Crippen molar-refractivity contribution in [2.75, 3.05) is 13.2 Å². The fourth-order valence-corrected chi connectivity index (χ4v) is 16.5. The second-order valence-corrected chi connectivity index (χ2v) is 22.6. The van der Waals surface area contributed by atoms with Gasteiger partial charge in [0, 0.05) is 12.1 Å². The van der Waals surface area contributed by atoms with Crippen LogP contribution in [0.15, 0.2) is 121 Å². The number of nitrogens with one attached hydrogen (secondary N) is 1. The highest BCUT2D eigenvalue weighted by Crippen LogP contribution is 2.39. The van der Waals surface area contributed by atoms with Crippen LogP contribution in [0.3, 0.4) is 0 Å². The van der Waals surface area contributed by atoms with E-state index in [0.29, 0.717) is 6.61 Å². The molecule has 1 aliphatic heterocycles. The van der Waals surface area contributed by atoms with Crippen molar-refractivity contribution < 1.29 is 8.85 Å². The van der Waals surface area contributed by atoms with Gasteiger partial charge in [0.05, 0.1) is 6.61 Å². The maximum absolute atomic E-state index is 7.57. The summed E-state index contributed by atoms with van der Waals surface area (Å²) < 4.78 is 14.9. The fraction of sp³-hybridized carbons (Fsp3) is 0.368. The number of hydrogen-bond donors (Lipinski definition) is 1. The Hall–Kier alpha value is -2.81.